The summed E-state index contributed by atoms with van der Waals surface area (Å²) in [5.74, 6) is -0.359. The number of hydrogen-bond donors (Lipinski definition) is 1. The van der Waals surface area contributed by atoms with E-state index in [0.29, 0.717) is 11.4 Å². The largest absolute Gasteiger partial charge is 0.336 e. The van der Waals surface area contributed by atoms with Crippen LogP contribution in [0.3, 0.4) is 0 Å². The van der Waals surface area contributed by atoms with Gasteiger partial charge in [-0.1, -0.05) is 0 Å². The number of carbonyl (C=O) groups excluding carboxylic acids is 1. The Balaban J connectivity index is 1.75. The van der Waals surface area contributed by atoms with Gasteiger partial charge >= 0.3 is 0 Å². The van der Waals surface area contributed by atoms with E-state index >= 15 is 0 Å². The molecule has 1 aromatic heterocycles. The number of rotatable bonds is 3. The minimum Gasteiger partial charge on any atom is -0.336 e. The van der Waals surface area contributed by atoms with E-state index in [1.807, 2.05) is 7.05 Å². The van der Waals surface area contributed by atoms with Crippen LogP contribution < -0.4 is 0 Å². The van der Waals surface area contributed by atoms with Gasteiger partial charge in [0, 0.05) is 25.2 Å². The van der Waals surface area contributed by atoms with Crippen LogP contribution in [0, 0.1) is 5.82 Å². The SMILES string of the molecule is CN1CCC(N(C)C(=O)c2cc(-c3ccc(F)cc3)n[nH]2)C1. The van der Waals surface area contributed by atoms with Crippen LogP contribution in [0.1, 0.15) is 16.9 Å². The highest BCUT2D eigenvalue weighted by atomic mass is 19.1. The Morgan fingerprint density at radius 2 is 2.14 bits per heavy atom. The third-order valence-electron chi connectivity index (χ3n) is 4.18. The molecule has 3 rings (SSSR count). The van der Waals surface area contributed by atoms with Crippen molar-refractivity contribution < 1.29 is 9.18 Å². The van der Waals surface area contributed by atoms with Crippen LogP contribution in [0.25, 0.3) is 11.3 Å². The molecule has 5 nitrogen and oxygen atoms in total. The van der Waals surface area contributed by atoms with Gasteiger partial charge in [0.1, 0.15) is 11.5 Å². The van der Waals surface area contributed by atoms with Gasteiger partial charge in [0.05, 0.1) is 5.69 Å². The molecule has 6 heteroatoms. The number of likely N-dealkylation sites (N-methyl/N-ethyl adjacent to an activating group) is 2. The van der Waals surface area contributed by atoms with Crippen molar-refractivity contribution in [3.05, 3.63) is 41.8 Å². The maximum absolute atomic E-state index is 13.0. The van der Waals surface area contributed by atoms with Gasteiger partial charge in [-0.25, -0.2) is 4.39 Å². The Morgan fingerprint density at radius 1 is 1.41 bits per heavy atom. The van der Waals surface area contributed by atoms with Gasteiger partial charge in [-0.05, 0) is 50.3 Å². The highest BCUT2D eigenvalue weighted by molar-refractivity contribution is 5.93. The fourth-order valence-corrected chi connectivity index (χ4v) is 2.78. The first-order chi connectivity index (χ1) is 10.5. The molecule has 1 atom stereocenters. The zero-order chi connectivity index (χ0) is 15.7. The van der Waals surface area contributed by atoms with Crippen LogP contribution >= 0.6 is 0 Å². The predicted octanol–water partition coefficient (Wildman–Crippen LogP) is 1.99. The summed E-state index contributed by atoms with van der Waals surface area (Å²) in [6.07, 6.45) is 0.984. The number of likely N-dealkylation sites (tertiary alicyclic amines) is 1. The lowest BCUT2D eigenvalue weighted by Gasteiger charge is -2.23. The number of H-pyrrole nitrogens is 1. The Labute approximate surface area is 128 Å². The molecule has 0 aliphatic carbocycles. The maximum atomic E-state index is 13.0. The van der Waals surface area contributed by atoms with Crippen molar-refractivity contribution >= 4 is 5.91 Å². The van der Waals surface area contributed by atoms with E-state index in [2.05, 4.69) is 22.1 Å². The number of nitrogens with zero attached hydrogens (tertiary/aromatic N) is 3. The molecule has 2 aromatic rings. The number of carbonyl (C=O) groups is 1. The van der Waals surface area contributed by atoms with E-state index in [1.165, 1.54) is 12.1 Å². The van der Waals surface area contributed by atoms with Crippen LogP contribution in [0.15, 0.2) is 30.3 Å². The minimum atomic E-state index is -0.291. The lowest BCUT2D eigenvalue weighted by molar-refractivity contribution is 0.0731. The van der Waals surface area contributed by atoms with Crippen LogP contribution in [-0.4, -0.2) is 59.1 Å². The number of halogens is 1. The maximum Gasteiger partial charge on any atom is 0.271 e. The summed E-state index contributed by atoms with van der Waals surface area (Å²) in [4.78, 5) is 16.5. The molecule has 1 N–H and O–H groups in total. The van der Waals surface area contributed by atoms with Gasteiger partial charge in [-0.15, -0.1) is 0 Å². The molecule has 1 amide bonds. The predicted molar refractivity (Wildman–Crippen MR) is 82.0 cm³/mol. The number of benzene rings is 1. The molecule has 116 valence electrons. The summed E-state index contributed by atoms with van der Waals surface area (Å²) in [7, 11) is 3.88. The van der Waals surface area contributed by atoms with Crippen LogP contribution in [0.4, 0.5) is 4.39 Å². The van der Waals surface area contributed by atoms with Crippen LogP contribution in [0.2, 0.25) is 0 Å². The van der Waals surface area contributed by atoms with Crippen molar-refractivity contribution in [2.45, 2.75) is 12.5 Å². The molecule has 0 radical (unpaired) electrons. The second-order valence-corrected chi connectivity index (χ2v) is 5.79. The summed E-state index contributed by atoms with van der Waals surface area (Å²) in [6.45, 7) is 1.90. The normalized spacial score (nSPS) is 18.6. The fourth-order valence-electron chi connectivity index (χ4n) is 2.78. The third-order valence-corrected chi connectivity index (χ3v) is 4.18. The molecule has 1 aromatic carbocycles. The second-order valence-electron chi connectivity index (χ2n) is 5.79. The quantitative estimate of drug-likeness (QED) is 0.943. The number of aromatic amines is 1. The van der Waals surface area contributed by atoms with E-state index < -0.39 is 0 Å². The molecule has 1 aliphatic heterocycles. The average Bonchev–Trinajstić information content (AvgIpc) is 3.15. The van der Waals surface area contributed by atoms with E-state index in [1.54, 1.807) is 23.1 Å². The third kappa shape index (κ3) is 2.87. The van der Waals surface area contributed by atoms with Gasteiger partial charge in [-0.2, -0.15) is 5.10 Å². The Bertz CT molecular complexity index is 667. The summed E-state index contributed by atoms with van der Waals surface area (Å²) in [6, 6.07) is 8.00. The van der Waals surface area contributed by atoms with Crippen molar-refractivity contribution in [1.82, 2.24) is 20.0 Å². The molecule has 1 unspecified atom stereocenters. The molecular weight excluding hydrogens is 283 g/mol. The summed E-state index contributed by atoms with van der Waals surface area (Å²) in [5.41, 5.74) is 1.87. The first-order valence-corrected chi connectivity index (χ1v) is 7.31. The highest BCUT2D eigenvalue weighted by Gasteiger charge is 2.27. The number of amides is 1. The summed E-state index contributed by atoms with van der Waals surface area (Å²) < 4.78 is 13.0. The molecule has 1 aliphatic rings. The number of aromatic nitrogens is 2. The minimum absolute atomic E-state index is 0.0684. The Kier molecular flexibility index (Phi) is 3.94. The molecule has 2 heterocycles. The van der Waals surface area contributed by atoms with Crippen molar-refractivity contribution in [2.75, 3.05) is 27.2 Å². The van der Waals surface area contributed by atoms with Crippen molar-refractivity contribution in [1.29, 1.82) is 0 Å². The average molecular weight is 302 g/mol. The molecule has 1 fully saturated rings. The van der Waals surface area contributed by atoms with Crippen molar-refractivity contribution in [2.24, 2.45) is 0 Å². The fraction of sp³-hybridized carbons (Fsp3) is 0.375. The van der Waals surface area contributed by atoms with Crippen LogP contribution in [-0.2, 0) is 0 Å². The Hall–Kier alpha value is -2.21. The first kappa shape index (κ1) is 14.7. The standard InChI is InChI=1S/C16H19FN4O/c1-20-8-7-13(10-20)21(2)16(22)15-9-14(18-19-15)11-3-5-12(17)6-4-11/h3-6,9,13H,7-8,10H2,1-2H3,(H,18,19). The molecule has 1 saturated heterocycles. The molecule has 0 spiro atoms. The van der Waals surface area contributed by atoms with E-state index in [0.717, 1.165) is 25.1 Å². The van der Waals surface area contributed by atoms with Crippen molar-refractivity contribution in [3.63, 3.8) is 0 Å². The van der Waals surface area contributed by atoms with Gasteiger partial charge in [0.2, 0.25) is 0 Å². The topological polar surface area (TPSA) is 52.2 Å². The monoisotopic (exact) mass is 302 g/mol. The van der Waals surface area contributed by atoms with Crippen molar-refractivity contribution in [3.8, 4) is 11.3 Å². The highest BCUT2D eigenvalue weighted by Crippen LogP contribution is 2.20. The van der Waals surface area contributed by atoms with E-state index in [9.17, 15) is 9.18 Å². The van der Waals surface area contributed by atoms with Gasteiger partial charge in [-0.3, -0.25) is 9.89 Å². The number of hydrogen-bond acceptors (Lipinski definition) is 3. The van der Waals surface area contributed by atoms with Crippen LogP contribution in [0.5, 0.6) is 0 Å². The van der Waals surface area contributed by atoms with Gasteiger partial charge < -0.3 is 9.80 Å². The zero-order valence-electron chi connectivity index (χ0n) is 12.7. The summed E-state index contributed by atoms with van der Waals surface area (Å²) >= 11 is 0. The summed E-state index contributed by atoms with van der Waals surface area (Å²) in [5, 5.41) is 6.94. The van der Waals surface area contributed by atoms with Gasteiger partial charge in [0.15, 0.2) is 0 Å². The Morgan fingerprint density at radius 3 is 2.77 bits per heavy atom. The second kappa shape index (κ2) is 5.88. The number of nitrogens with one attached hydrogen (secondary N) is 1. The van der Waals surface area contributed by atoms with E-state index in [-0.39, 0.29) is 17.8 Å². The molecular formula is C16H19FN4O. The lowest BCUT2D eigenvalue weighted by atomic mass is 10.1. The zero-order valence-corrected chi connectivity index (χ0v) is 12.7. The smallest absolute Gasteiger partial charge is 0.271 e. The molecule has 22 heavy (non-hydrogen) atoms. The molecule has 0 saturated carbocycles. The molecule has 0 bridgehead atoms. The lowest BCUT2D eigenvalue weighted by Crippen LogP contribution is -2.38. The van der Waals surface area contributed by atoms with E-state index in [4.69, 9.17) is 0 Å². The van der Waals surface area contributed by atoms with Gasteiger partial charge in [0.25, 0.3) is 5.91 Å². The first-order valence-electron chi connectivity index (χ1n) is 7.31.